The Morgan fingerprint density at radius 2 is 0.516 bits per heavy atom. The first-order chi connectivity index (χ1) is 60.6. The van der Waals surface area contributed by atoms with E-state index in [1.165, 1.54) is 251 Å². The molecule has 122 heavy (non-hydrogen) atoms. The molecular formula is C114H94B2N6. The Labute approximate surface area is 717 Å². The summed E-state index contributed by atoms with van der Waals surface area (Å²) in [6.45, 7) is -0.421. The molecule has 12 unspecified atom stereocenters. The number of fused-ring (bicyclic) bond motifs is 8. The van der Waals surface area contributed by atoms with Gasteiger partial charge in [-0.25, -0.2) is 0 Å². The minimum atomic E-state index is -0.224. The van der Waals surface area contributed by atoms with Crippen LogP contribution in [0.15, 0.2) is 352 Å². The van der Waals surface area contributed by atoms with Crippen molar-refractivity contribution in [2.24, 2.45) is 47.3 Å². The molecule has 15 aromatic carbocycles. The molecule has 0 spiro atoms. The zero-order chi connectivity index (χ0) is 79.5. The summed E-state index contributed by atoms with van der Waals surface area (Å²) in [6.07, 6.45) is 15.9. The molecule has 10 fully saturated rings. The predicted octanol–water partition coefficient (Wildman–Crippen LogP) is 24.7. The van der Waals surface area contributed by atoms with Crippen LogP contribution in [0.1, 0.15) is 77.0 Å². The van der Waals surface area contributed by atoms with Gasteiger partial charge in [-0.05, 0) is 232 Å². The zero-order valence-electron chi connectivity index (χ0n) is 68.7. The highest BCUT2D eigenvalue weighted by atomic mass is 15.3. The molecule has 586 valence electrons. The van der Waals surface area contributed by atoms with Crippen molar-refractivity contribution in [2.75, 3.05) is 29.4 Å². The number of benzene rings is 15. The molecule has 6 aliphatic carbocycles. The van der Waals surface area contributed by atoms with Crippen LogP contribution in [0.5, 0.6) is 0 Å². The van der Waals surface area contributed by atoms with Gasteiger partial charge in [-0.1, -0.05) is 310 Å². The maximum atomic E-state index is 3.08. The van der Waals surface area contributed by atoms with Crippen molar-refractivity contribution >= 4 is 126 Å². The molecule has 8 heteroatoms. The summed E-state index contributed by atoms with van der Waals surface area (Å²) < 4.78 is 0. The van der Waals surface area contributed by atoms with Crippen molar-refractivity contribution in [3.8, 4) is 66.8 Å². The summed E-state index contributed by atoms with van der Waals surface area (Å²) in [7, 11) is 0. The number of anilines is 14. The molecule has 6 nitrogen and oxygen atoms in total. The van der Waals surface area contributed by atoms with Crippen molar-refractivity contribution in [1.29, 1.82) is 0 Å². The van der Waals surface area contributed by atoms with Crippen LogP contribution in [0.3, 0.4) is 0 Å². The molecule has 0 radical (unpaired) electrons. The van der Waals surface area contributed by atoms with Gasteiger partial charge in [0, 0.05) is 120 Å². The van der Waals surface area contributed by atoms with Crippen LogP contribution in [0.2, 0.25) is 0 Å². The van der Waals surface area contributed by atoms with Crippen LogP contribution in [-0.2, 0) is 0 Å². The second-order valence-corrected chi connectivity index (χ2v) is 37.8. The molecule has 12 bridgehead atoms. The number of para-hydroxylation sites is 6. The van der Waals surface area contributed by atoms with Gasteiger partial charge in [0.25, 0.3) is 13.4 Å². The Bertz CT molecular complexity index is 6530. The monoisotopic (exact) mass is 1570 g/mol. The highest BCUT2D eigenvalue weighted by molar-refractivity contribution is 7.03. The van der Waals surface area contributed by atoms with Crippen LogP contribution in [0.25, 0.3) is 66.8 Å². The van der Waals surface area contributed by atoms with Crippen LogP contribution < -0.4 is 62.2 Å². The minimum Gasteiger partial charge on any atom is -0.365 e. The average molecular weight is 1570 g/mol. The Hall–Kier alpha value is -12.8. The fourth-order valence-electron chi connectivity index (χ4n) is 28.0. The van der Waals surface area contributed by atoms with Gasteiger partial charge in [0.1, 0.15) is 0 Å². The standard InChI is InChI=1S/C114H94B2N6/c1-8-31-71(32-9-1)86-47-28-48-87(72-33-10-2-11-34-72)112(86)120-100-57-24-22-55-96(100)115-98-69-99-105(70-104(98)119(79-43-20-7-21-44-79)106-65-82(66-107(120)110(106)115)117-80-59-77-61-102(117)92-53-26-45-84(77)94(92)63-80)122(114-90(75-39-16-5-17-40-75)51-30-52-91(114)76-41-18-6-19-42-76)109-68-83(118-81-60-78-62-103(118)93-54-27-46-85(78)95(93)64-81)67-108-111(109)116(99)97-56-23-25-58-101(97)121(108)113-88(73-35-12-3-13-36-73)49-29-50-89(113)74-37-14-4-15-38-74/h1-25,28-44,47-52,55-58,65-70,77-78,80-81,84-85,92-95,102-103H,26-27,45-46,53-54,59-64H2. The molecule has 4 saturated heterocycles. The van der Waals surface area contributed by atoms with E-state index in [1.807, 2.05) is 0 Å². The summed E-state index contributed by atoms with van der Waals surface area (Å²) in [5.74, 6) is 6.37. The fraction of sp³-hybridized carbons (Fsp3) is 0.211. The lowest BCUT2D eigenvalue weighted by Crippen LogP contribution is -2.67. The van der Waals surface area contributed by atoms with Crippen molar-refractivity contribution in [2.45, 2.75) is 101 Å². The first-order valence-electron chi connectivity index (χ1n) is 45.8. The lowest BCUT2D eigenvalue weighted by molar-refractivity contribution is -0.0593. The zero-order valence-corrected chi connectivity index (χ0v) is 68.7. The van der Waals surface area contributed by atoms with Crippen LogP contribution in [0.4, 0.5) is 79.6 Å². The number of piperidine rings is 4. The van der Waals surface area contributed by atoms with E-state index in [1.54, 1.807) is 0 Å². The molecular weight excluding hydrogens is 1470 g/mol. The summed E-state index contributed by atoms with van der Waals surface area (Å²) in [4.78, 5) is 17.4. The normalized spacial score (nSPS) is 23.9. The Kier molecular flexibility index (Phi) is 15.7. The molecule has 0 amide bonds. The third-order valence-corrected chi connectivity index (χ3v) is 32.3. The number of hydrogen-bond acceptors (Lipinski definition) is 6. The lowest BCUT2D eigenvalue weighted by atomic mass is 9.30. The molecule has 6 saturated carbocycles. The Morgan fingerprint density at radius 3 is 0.877 bits per heavy atom. The summed E-state index contributed by atoms with van der Waals surface area (Å²) in [5.41, 5.74) is 39.7. The average Bonchev–Trinajstić information content (AvgIpc) is 0.674. The molecule has 8 heterocycles. The molecule has 15 aromatic rings. The van der Waals surface area contributed by atoms with E-state index in [9.17, 15) is 0 Å². The Morgan fingerprint density at radius 1 is 0.213 bits per heavy atom. The van der Waals surface area contributed by atoms with Crippen molar-refractivity contribution in [3.05, 3.63) is 352 Å². The van der Waals surface area contributed by atoms with Crippen molar-refractivity contribution in [1.82, 2.24) is 0 Å². The maximum Gasteiger partial charge on any atom is 0.252 e. The van der Waals surface area contributed by atoms with Crippen LogP contribution in [0, 0.1) is 47.3 Å². The lowest BCUT2D eigenvalue weighted by Gasteiger charge is -2.66. The van der Waals surface area contributed by atoms with Crippen molar-refractivity contribution < 1.29 is 0 Å². The number of rotatable bonds is 12. The molecule has 0 N–H and O–H groups in total. The van der Waals surface area contributed by atoms with E-state index in [4.69, 9.17) is 0 Å². The van der Waals surface area contributed by atoms with E-state index >= 15 is 0 Å². The Balaban J connectivity index is 0.785. The summed E-state index contributed by atoms with van der Waals surface area (Å²) in [6, 6.07) is 139. The minimum absolute atomic E-state index is 0.197. The van der Waals surface area contributed by atoms with Gasteiger partial charge in [0.15, 0.2) is 0 Å². The van der Waals surface area contributed by atoms with E-state index in [0.29, 0.717) is 36.0 Å². The van der Waals surface area contributed by atoms with E-state index in [-0.39, 0.29) is 13.4 Å². The van der Waals surface area contributed by atoms with E-state index in [2.05, 4.69) is 381 Å². The van der Waals surface area contributed by atoms with Gasteiger partial charge in [0.05, 0.1) is 17.1 Å². The first-order valence-corrected chi connectivity index (χ1v) is 45.8. The van der Waals surface area contributed by atoms with Crippen molar-refractivity contribution in [3.63, 3.8) is 0 Å². The smallest absolute Gasteiger partial charge is 0.252 e. The molecule has 0 aromatic heterocycles. The second kappa shape index (κ2) is 27.4. The molecule has 29 rings (SSSR count). The first kappa shape index (κ1) is 70.0. The quantitative estimate of drug-likeness (QED) is 0.113. The van der Waals surface area contributed by atoms with Gasteiger partial charge >= 0.3 is 0 Å². The van der Waals surface area contributed by atoms with Gasteiger partial charge in [-0.3, -0.25) is 0 Å². The van der Waals surface area contributed by atoms with Gasteiger partial charge in [-0.15, -0.1) is 0 Å². The van der Waals surface area contributed by atoms with E-state index in [0.717, 1.165) is 41.2 Å². The molecule has 8 aliphatic heterocycles. The van der Waals surface area contributed by atoms with E-state index < -0.39 is 0 Å². The van der Waals surface area contributed by atoms with Gasteiger partial charge in [-0.2, -0.15) is 0 Å². The number of nitrogens with zero attached hydrogens (tertiary/aromatic N) is 6. The summed E-state index contributed by atoms with van der Waals surface area (Å²) >= 11 is 0. The highest BCUT2D eigenvalue weighted by Crippen LogP contribution is 2.65. The topological polar surface area (TPSA) is 19.4 Å². The van der Waals surface area contributed by atoms with Gasteiger partial charge < -0.3 is 29.4 Å². The van der Waals surface area contributed by atoms with Gasteiger partial charge in [0.2, 0.25) is 0 Å². The maximum absolute atomic E-state index is 3.08. The largest absolute Gasteiger partial charge is 0.365 e. The number of hydrogen-bond donors (Lipinski definition) is 0. The predicted molar refractivity (Wildman–Crippen MR) is 511 cm³/mol. The fourth-order valence-corrected chi connectivity index (χ4v) is 28.0. The van der Waals surface area contributed by atoms with Crippen LogP contribution in [-0.4, -0.2) is 37.6 Å². The second-order valence-electron chi connectivity index (χ2n) is 37.8. The SMILES string of the molecule is c1ccc(-c2cccc(-c3ccccc3)c2N2c3ccccc3B3c4cc5c(cc4N(c4ccccc4)c4cc(N6C7CC8CC6C6CCCC8C6C7)cc2c43)N(c2c(-c3ccccc3)cccc2-c2ccccc2)c2cc(N3C4CC6CC3C3CCCC6C3C4)cc3c2B5c2ccccc2N3c2c(-c3ccccc3)cccc2-c2ccccc2)cc1. The third kappa shape index (κ3) is 10.3. The molecule has 12 atom stereocenters. The highest BCUT2D eigenvalue weighted by Gasteiger charge is 2.61. The third-order valence-electron chi connectivity index (χ3n) is 32.3. The van der Waals surface area contributed by atoms with Crippen LogP contribution >= 0.6 is 0 Å². The summed E-state index contributed by atoms with van der Waals surface area (Å²) in [5, 5.41) is 0. The molecule has 14 aliphatic rings.